The molecule has 2 N–H and O–H groups in total. The van der Waals surface area contributed by atoms with Crippen molar-refractivity contribution in [2.75, 3.05) is 56.5 Å². The minimum atomic E-state index is -0.942. The Morgan fingerprint density at radius 1 is 1.17 bits per heavy atom. The van der Waals surface area contributed by atoms with Crippen molar-refractivity contribution in [3.63, 3.8) is 0 Å². The minimum Gasteiger partial charge on any atom is -0.461 e. The molecule has 6 heterocycles. The first-order chi connectivity index (χ1) is 23.1. The van der Waals surface area contributed by atoms with Crippen molar-refractivity contribution in [1.29, 1.82) is 5.26 Å². The summed E-state index contributed by atoms with van der Waals surface area (Å²) < 4.78 is 52.9. The van der Waals surface area contributed by atoms with Crippen LogP contribution in [0.2, 0.25) is 5.02 Å². The number of benzene rings is 2. The maximum absolute atomic E-state index is 17.1. The van der Waals surface area contributed by atoms with Crippen LogP contribution in [0.1, 0.15) is 44.1 Å². The summed E-state index contributed by atoms with van der Waals surface area (Å²) in [7, 11) is 0. The molecule has 14 heteroatoms. The van der Waals surface area contributed by atoms with Crippen molar-refractivity contribution in [3.05, 3.63) is 40.4 Å². The normalized spacial score (nSPS) is 23.8. The Bertz CT molecular complexity index is 2010. The minimum absolute atomic E-state index is 0.0311. The second kappa shape index (κ2) is 11.6. The fourth-order valence-electron chi connectivity index (χ4n) is 8.56. The number of nitrogen functional groups attached to an aromatic ring is 1. The van der Waals surface area contributed by atoms with Crippen LogP contribution in [-0.2, 0) is 4.79 Å². The number of nitriles is 1. The van der Waals surface area contributed by atoms with Gasteiger partial charge >= 0.3 is 6.01 Å². The average molecular weight is 696 g/mol. The number of anilines is 2. The van der Waals surface area contributed by atoms with Crippen LogP contribution in [0.4, 0.5) is 24.0 Å². The number of hydrogen-bond acceptors (Lipinski definition) is 9. The van der Waals surface area contributed by atoms with Gasteiger partial charge in [0.15, 0.2) is 5.82 Å². The van der Waals surface area contributed by atoms with Crippen LogP contribution in [0.5, 0.6) is 6.01 Å². The lowest BCUT2D eigenvalue weighted by Crippen LogP contribution is -2.59. The number of aromatic nitrogens is 2. The summed E-state index contributed by atoms with van der Waals surface area (Å²) in [4.78, 5) is 26.9. The first-order valence-corrected chi connectivity index (χ1v) is 17.4. The summed E-state index contributed by atoms with van der Waals surface area (Å²) in [6, 6.07) is 6.22. The molecule has 1 amide bonds. The van der Waals surface area contributed by atoms with Gasteiger partial charge < -0.3 is 20.3 Å². The summed E-state index contributed by atoms with van der Waals surface area (Å²) in [5.74, 6) is -0.879. The highest BCUT2D eigenvalue weighted by Crippen LogP contribution is 2.47. The number of amides is 1. The van der Waals surface area contributed by atoms with Gasteiger partial charge in [-0.1, -0.05) is 24.1 Å². The van der Waals surface area contributed by atoms with Gasteiger partial charge in [-0.2, -0.15) is 15.2 Å². The van der Waals surface area contributed by atoms with Crippen LogP contribution < -0.4 is 15.4 Å². The molecule has 4 saturated heterocycles. The van der Waals surface area contributed by atoms with Crippen molar-refractivity contribution in [1.82, 2.24) is 19.8 Å². The summed E-state index contributed by atoms with van der Waals surface area (Å²) in [6.45, 7) is 3.83. The Balaban J connectivity index is 1.28. The molecule has 8 rings (SSSR count). The van der Waals surface area contributed by atoms with Crippen molar-refractivity contribution in [2.24, 2.45) is 5.41 Å². The maximum Gasteiger partial charge on any atom is 0.319 e. The number of rotatable bonds is 6. The highest BCUT2D eigenvalue weighted by molar-refractivity contribution is 7.23. The lowest BCUT2D eigenvalue weighted by molar-refractivity contribution is -0.129. The standard InChI is InChI=1S/C34H33ClF3N7O2S/c35-23-10-21-28(27(38)26(23)20-4-5-24(37)29-25(20)22(12-39)30(40)48-29)41-32(47-17-34-7-3-9-45(34)13-19(36)11-34)42-31(21)44-8-2-1-6-33(16-44)14-43(15-33)18-46/h4-5,10,18-19H,1-3,6-9,11,13-17,40H2/t19-,34+/m1/s1. The van der Waals surface area contributed by atoms with Crippen molar-refractivity contribution >= 4 is 61.2 Å². The number of nitrogens with two attached hydrogens (primary N) is 1. The number of ether oxygens (including phenoxy) is 1. The summed E-state index contributed by atoms with van der Waals surface area (Å²) in [5.41, 5.74) is 5.69. The smallest absolute Gasteiger partial charge is 0.319 e. The topological polar surface area (TPSA) is 112 Å². The zero-order chi connectivity index (χ0) is 33.4. The molecule has 250 valence electrons. The molecule has 4 fully saturated rings. The van der Waals surface area contributed by atoms with E-state index < -0.39 is 23.3 Å². The second-order valence-corrected chi connectivity index (χ2v) is 15.2. The van der Waals surface area contributed by atoms with Gasteiger partial charge in [0.25, 0.3) is 0 Å². The number of fused-ring (bicyclic) bond motifs is 3. The number of thiophene rings is 1. The lowest BCUT2D eigenvalue weighted by atomic mass is 9.76. The SMILES string of the molecule is N#Cc1c(N)sc2c(F)ccc(-c3c(Cl)cc4c(N5CCCCC6(CN(C=O)C6)C5)nc(OC[C@@]56CCCN5C[C@H](F)C6)nc4c3F)c12. The Hall–Kier alpha value is -3.86. The molecule has 0 radical (unpaired) electrons. The Morgan fingerprint density at radius 2 is 2.00 bits per heavy atom. The molecule has 48 heavy (non-hydrogen) atoms. The highest BCUT2D eigenvalue weighted by atomic mass is 35.5. The van der Waals surface area contributed by atoms with Gasteiger partial charge in [0.1, 0.15) is 41.0 Å². The molecule has 4 aliphatic rings. The largest absolute Gasteiger partial charge is 0.461 e. The Morgan fingerprint density at radius 3 is 2.79 bits per heavy atom. The van der Waals surface area contributed by atoms with E-state index in [1.54, 1.807) is 11.0 Å². The molecule has 0 unspecified atom stereocenters. The van der Waals surface area contributed by atoms with Crippen LogP contribution >= 0.6 is 22.9 Å². The maximum atomic E-state index is 17.1. The molecule has 9 nitrogen and oxygen atoms in total. The van der Waals surface area contributed by atoms with Gasteiger partial charge in [-0.05, 0) is 49.9 Å². The quantitative estimate of drug-likeness (QED) is 0.234. The van der Waals surface area contributed by atoms with Crippen molar-refractivity contribution in [3.8, 4) is 23.2 Å². The third-order valence-corrected chi connectivity index (χ3v) is 12.0. The zero-order valence-electron chi connectivity index (χ0n) is 26.1. The molecule has 2 aromatic carbocycles. The lowest BCUT2D eigenvalue weighted by Gasteiger charge is -2.50. The Labute approximate surface area is 284 Å². The van der Waals surface area contributed by atoms with Gasteiger partial charge in [0.2, 0.25) is 6.41 Å². The van der Waals surface area contributed by atoms with Crippen LogP contribution in [0.25, 0.3) is 32.1 Å². The van der Waals surface area contributed by atoms with Gasteiger partial charge in [0.05, 0.1) is 20.8 Å². The predicted octanol–water partition coefficient (Wildman–Crippen LogP) is 6.30. The van der Waals surface area contributed by atoms with Gasteiger partial charge in [-0.3, -0.25) is 9.69 Å². The number of hydrogen-bond donors (Lipinski definition) is 1. The van der Waals surface area contributed by atoms with Crippen molar-refractivity contribution < 1.29 is 22.7 Å². The number of halogens is 4. The summed E-state index contributed by atoms with van der Waals surface area (Å²) in [5, 5.41) is 10.6. The molecule has 0 aliphatic carbocycles. The molecule has 0 bridgehead atoms. The average Bonchev–Trinajstić information content (AvgIpc) is 3.63. The molecular formula is C34H33ClF3N7O2S. The molecule has 4 aliphatic heterocycles. The van der Waals surface area contributed by atoms with E-state index in [1.165, 1.54) is 12.1 Å². The second-order valence-electron chi connectivity index (χ2n) is 13.8. The van der Waals surface area contributed by atoms with E-state index in [1.807, 2.05) is 6.07 Å². The Kier molecular flexibility index (Phi) is 7.61. The molecule has 0 saturated carbocycles. The molecule has 4 aromatic rings. The fraction of sp³-hybridized carbons (Fsp3) is 0.471. The van der Waals surface area contributed by atoms with Crippen LogP contribution in [0.15, 0.2) is 18.2 Å². The van der Waals surface area contributed by atoms with E-state index in [4.69, 9.17) is 27.1 Å². The number of carbonyl (C=O) groups excluding carboxylic acids is 1. The third-order valence-electron chi connectivity index (χ3n) is 10.7. The first kappa shape index (κ1) is 31.4. The highest BCUT2D eigenvalue weighted by Gasteiger charge is 2.49. The molecule has 2 aromatic heterocycles. The van der Waals surface area contributed by atoms with E-state index in [-0.39, 0.29) is 60.3 Å². The van der Waals surface area contributed by atoms with E-state index in [0.29, 0.717) is 50.3 Å². The van der Waals surface area contributed by atoms with Crippen molar-refractivity contribution in [2.45, 2.75) is 50.2 Å². The number of alkyl halides is 1. The van der Waals surface area contributed by atoms with Crippen LogP contribution in [0, 0.1) is 28.4 Å². The molecule has 1 spiro atoms. The first-order valence-electron chi connectivity index (χ1n) is 16.2. The monoisotopic (exact) mass is 695 g/mol. The summed E-state index contributed by atoms with van der Waals surface area (Å²) >= 11 is 7.81. The van der Waals surface area contributed by atoms with Gasteiger partial charge in [0, 0.05) is 60.9 Å². The van der Waals surface area contributed by atoms with E-state index >= 15 is 4.39 Å². The molecular weight excluding hydrogens is 663 g/mol. The third kappa shape index (κ3) is 4.94. The van der Waals surface area contributed by atoms with Crippen LogP contribution in [-0.4, -0.2) is 83.8 Å². The number of likely N-dealkylation sites (tertiary alicyclic amines) is 1. The van der Waals surface area contributed by atoms with E-state index in [0.717, 1.165) is 56.4 Å². The van der Waals surface area contributed by atoms with E-state index in [9.17, 15) is 18.8 Å². The van der Waals surface area contributed by atoms with Gasteiger partial charge in [-0.15, -0.1) is 11.3 Å². The fourth-order valence-corrected chi connectivity index (χ4v) is 9.81. The van der Waals surface area contributed by atoms with E-state index in [2.05, 4.69) is 14.8 Å². The van der Waals surface area contributed by atoms with Gasteiger partial charge in [-0.25, -0.2) is 13.2 Å². The zero-order valence-corrected chi connectivity index (χ0v) is 27.6. The predicted molar refractivity (Wildman–Crippen MR) is 179 cm³/mol. The molecule has 2 atom stereocenters. The summed E-state index contributed by atoms with van der Waals surface area (Å²) in [6.07, 6.45) is 4.81. The number of carbonyl (C=O) groups is 1. The number of nitrogens with zero attached hydrogens (tertiary/aromatic N) is 6. The van der Waals surface area contributed by atoms with Crippen LogP contribution in [0.3, 0.4) is 0 Å².